The summed E-state index contributed by atoms with van der Waals surface area (Å²) in [5, 5.41) is 0.878. The highest BCUT2D eigenvalue weighted by Crippen LogP contribution is 2.52. The number of nitrogens with zero attached hydrogens (tertiary/aromatic N) is 3. The van der Waals surface area contributed by atoms with Gasteiger partial charge in [-0.1, -0.05) is 18.2 Å². The zero-order valence-electron chi connectivity index (χ0n) is 13.5. The average Bonchev–Trinajstić information content (AvgIpc) is 3.07. The molecule has 4 N–H and O–H groups in total. The Morgan fingerprint density at radius 2 is 1.79 bits per heavy atom. The van der Waals surface area contributed by atoms with Gasteiger partial charge in [0.1, 0.15) is 0 Å². The quantitative estimate of drug-likeness (QED) is 0.673. The molecule has 5 nitrogen and oxygen atoms in total. The van der Waals surface area contributed by atoms with Gasteiger partial charge in [0.25, 0.3) is 0 Å². The third-order valence-corrected chi connectivity index (χ3v) is 5.55. The topological polar surface area (TPSA) is 81.1 Å². The number of nitrogens with two attached hydrogens (primary N) is 2. The summed E-state index contributed by atoms with van der Waals surface area (Å²) in [5.41, 5.74) is 18.4. The summed E-state index contributed by atoms with van der Waals surface area (Å²) in [5.74, 6) is 0.280. The summed E-state index contributed by atoms with van der Waals surface area (Å²) >= 11 is 0. The molecule has 2 unspecified atom stereocenters. The molecule has 0 radical (unpaired) electrons. The molecule has 1 fully saturated rings. The molecule has 2 atom stereocenters. The van der Waals surface area contributed by atoms with Crippen molar-refractivity contribution in [3.63, 3.8) is 0 Å². The van der Waals surface area contributed by atoms with Crippen LogP contribution in [0.2, 0.25) is 0 Å². The van der Waals surface area contributed by atoms with Crippen LogP contribution in [-0.4, -0.2) is 21.9 Å². The van der Waals surface area contributed by atoms with E-state index >= 15 is 0 Å². The second-order valence-electron chi connectivity index (χ2n) is 6.79. The Kier molecular flexibility index (Phi) is 2.68. The monoisotopic (exact) mass is 317 g/mol. The van der Waals surface area contributed by atoms with Crippen LogP contribution in [0.15, 0.2) is 36.4 Å². The first-order chi connectivity index (χ1) is 11.6. The van der Waals surface area contributed by atoms with Crippen molar-refractivity contribution in [2.45, 2.75) is 24.9 Å². The maximum atomic E-state index is 6.21. The van der Waals surface area contributed by atoms with Crippen molar-refractivity contribution < 1.29 is 0 Å². The average molecular weight is 317 g/mol. The van der Waals surface area contributed by atoms with Crippen LogP contribution >= 0.6 is 0 Å². The van der Waals surface area contributed by atoms with Gasteiger partial charge in [-0.2, -0.15) is 0 Å². The lowest BCUT2D eigenvalue weighted by Gasteiger charge is -2.15. The van der Waals surface area contributed by atoms with E-state index in [4.69, 9.17) is 11.5 Å². The fraction of sp³-hybridized carbons (Fsp3) is 0.263. The lowest BCUT2D eigenvalue weighted by Crippen LogP contribution is -2.12. The van der Waals surface area contributed by atoms with Crippen LogP contribution in [0.5, 0.6) is 0 Å². The highest BCUT2D eigenvalue weighted by atomic mass is 15.2. The van der Waals surface area contributed by atoms with Gasteiger partial charge in [-0.05, 0) is 49.2 Å². The molecule has 0 amide bonds. The number of fused-ring (bicyclic) bond motifs is 6. The third-order valence-electron chi connectivity index (χ3n) is 5.55. The van der Waals surface area contributed by atoms with Crippen molar-refractivity contribution in [3.8, 4) is 11.3 Å². The van der Waals surface area contributed by atoms with Crippen LogP contribution in [0, 0.1) is 0 Å². The van der Waals surface area contributed by atoms with E-state index in [1.807, 2.05) is 18.2 Å². The molecule has 0 spiro atoms. The van der Waals surface area contributed by atoms with Crippen molar-refractivity contribution in [2.24, 2.45) is 0 Å². The van der Waals surface area contributed by atoms with E-state index < -0.39 is 0 Å². The minimum atomic E-state index is 0.280. The molecule has 5 heteroatoms. The Balaban J connectivity index is 1.75. The molecule has 1 saturated heterocycles. The Hall–Kier alpha value is -2.66. The van der Waals surface area contributed by atoms with Gasteiger partial charge in [0.05, 0.1) is 11.2 Å². The highest BCUT2D eigenvalue weighted by Gasteiger charge is 2.41. The van der Waals surface area contributed by atoms with Crippen LogP contribution in [0.25, 0.3) is 22.2 Å². The summed E-state index contributed by atoms with van der Waals surface area (Å²) in [6.07, 6.45) is 2.48. The van der Waals surface area contributed by atoms with Gasteiger partial charge < -0.3 is 11.5 Å². The van der Waals surface area contributed by atoms with Crippen molar-refractivity contribution in [1.29, 1.82) is 0 Å². The first-order valence-corrected chi connectivity index (χ1v) is 8.31. The van der Waals surface area contributed by atoms with E-state index in [-0.39, 0.29) is 5.95 Å². The van der Waals surface area contributed by atoms with E-state index in [9.17, 15) is 0 Å². The van der Waals surface area contributed by atoms with Crippen LogP contribution < -0.4 is 11.5 Å². The number of anilines is 2. The Bertz CT molecular complexity index is 981. The van der Waals surface area contributed by atoms with Crippen molar-refractivity contribution in [1.82, 2.24) is 14.9 Å². The molecule has 120 valence electrons. The number of benzene rings is 2. The smallest absolute Gasteiger partial charge is 0.221 e. The Labute approximate surface area is 140 Å². The predicted molar refractivity (Wildman–Crippen MR) is 96.3 cm³/mol. The molecule has 5 rings (SSSR count). The largest absolute Gasteiger partial charge is 0.398 e. The molecule has 3 aromatic rings. The molecule has 2 bridgehead atoms. The summed E-state index contributed by atoms with van der Waals surface area (Å²) in [6, 6.07) is 13.4. The third kappa shape index (κ3) is 1.73. The molecule has 3 heterocycles. The fourth-order valence-electron chi connectivity index (χ4n) is 4.44. The van der Waals surface area contributed by atoms with E-state index in [2.05, 4.69) is 40.1 Å². The number of hydrogen-bond donors (Lipinski definition) is 2. The van der Waals surface area contributed by atoms with Gasteiger partial charge in [0, 0.05) is 28.7 Å². The van der Waals surface area contributed by atoms with E-state index in [1.165, 1.54) is 24.0 Å². The minimum Gasteiger partial charge on any atom is -0.398 e. The van der Waals surface area contributed by atoms with Crippen LogP contribution in [0.1, 0.15) is 36.1 Å². The molecule has 2 aliphatic rings. The van der Waals surface area contributed by atoms with Gasteiger partial charge >= 0.3 is 0 Å². The number of aromatic nitrogens is 2. The summed E-state index contributed by atoms with van der Waals surface area (Å²) in [4.78, 5) is 11.3. The van der Waals surface area contributed by atoms with Crippen molar-refractivity contribution in [2.75, 3.05) is 18.5 Å². The maximum absolute atomic E-state index is 6.21. The second kappa shape index (κ2) is 4.68. The minimum absolute atomic E-state index is 0.280. The van der Waals surface area contributed by atoms with Crippen LogP contribution in [-0.2, 0) is 0 Å². The highest BCUT2D eigenvalue weighted by molar-refractivity contribution is 6.01. The van der Waals surface area contributed by atoms with Crippen LogP contribution in [0.3, 0.4) is 0 Å². The molecule has 2 aliphatic heterocycles. The maximum Gasteiger partial charge on any atom is 0.221 e. The van der Waals surface area contributed by atoms with E-state index in [0.29, 0.717) is 17.8 Å². The van der Waals surface area contributed by atoms with Crippen molar-refractivity contribution >= 4 is 22.5 Å². The van der Waals surface area contributed by atoms with E-state index in [1.54, 1.807) is 0 Å². The van der Waals surface area contributed by atoms with Gasteiger partial charge in [0.15, 0.2) is 0 Å². The molecule has 2 aromatic carbocycles. The first kappa shape index (κ1) is 13.7. The normalized spacial score (nSPS) is 22.2. The molecule has 0 saturated carbocycles. The molecule has 1 aromatic heterocycles. The lowest BCUT2D eigenvalue weighted by atomic mass is 9.89. The second-order valence-corrected chi connectivity index (χ2v) is 6.79. The van der Waals surface area contributed by atoms with E-state index in [0.717, 1.165) is 22.2 Å². The number of hydrogen-bond acceptors (Lipinski definition) is 5. The van der Waals surface area contributed by atoms with Crippen molar-refractivity contribution in [3.05, 3.63) is 47.5 Å². The summed E-state index contributed by atoms with van der Waals surface area (Å²) < 4.78 is 0. The Morgan fingerprint density at radius 3 is 2.62 bits per heavy atom. The van der Waals surface area contributed by atoms with Gasteiger partial charge in [-0.15, -0.1) is 0 Å². The van der Waals surface area contributed by atoms with Gasteiger partial charge in [-0.3, -0.25) is 4.90 Å². The van der Waals surface area contributed by atoms with Crippen LogP contribution in [0.4, 0.5) is 11.6 Å². The Morgan fingerprint density at radius 1 is 1.00 bits per heavy atom. The van der Waals surface area contributed by atoms with Gasteiger partial charge in [-0.25, -0.2) is 9.97 Å². The van der Waals surface area contributed by atoms with Gasteiger partial charge in [0.2, 0.25) is 5.95 Å². The zero-order valence-corrected chi connectivity index (χ0v) is 13.5. The standard InChI is InChI=1S/C19H19N5/c1-24-15-7-8-16(24)12-9-10(5-6-11(12)15)18-17-13(20)3-2-4-14(17)22-19(21)23-18/h2-6,9,15-16H,7-8,20H2,1H3,(H2,21,22,23). The number of nitrogen functional groups attached to an aromatic ring is 2. The molecular formula is C19H19N5. The number of rotatable bonds is 1. The predicted octanol–water partition coefficient (Wildman–Crippen LogP) is 3.28. The SMILES string of the molecule is CN1C2CCC1c1cc(-c3nc(N)nc4cccc(N)c34)ccc12. The molecular weight excluding hydrogens is 298 g/mol. The lowest BCUT2D eigenvalue weighted by molar-refractivity contribution is 0.280. The summed E-state index contributed by atoms with van der Waals surface area (Å²) in [7, 11) is 2.22. The zero-order chi connectivity index (χ0) is 16.4. The summed E-state index contributed by atoms with van der Waals surface area (Å²) in [6.45, 7) is 0. The molecule has 0 aliphatic carbocycles. The fourth-order valence-corrected chi connectivity index (χ4v) is 4.44. The molecule has 24 heavy (non-hydrogen) atoms. The first-order valence-electron chi connectivity index (χ1n) is 8.31.